The normalized spacial score (nSPS) is 12.9. The molecule has 0 N–H and O–H groups in total. The molecule has 0 saturated heterocycles. The van der Waals surface area contributed by atoms with Crippen molar-refractivity contribution in [1.82, 2.24) is 4.98 Å². The fraction of sp³-hybridized carbons (Fsp3) is 0.429. The van der Waals surface area contributed by atoms with Gasteiger partial charge in [0.15, 0.2) is 5.60 Å². The molecule has 0 spiro atoms. The van der Waals surface area contributed by atoms with Crippen LogP contribution in [0.5, 0.6) is 11.5 Å². The number of thiazole rings is 1. The summed E-state index contributed by atoms with van der Waals surface area (Å²) in [5.74, 6) is 0.823. The van der Waals surface area contributed by atoms with Gasteiger partial charge >= 0.3 is 12.1 Å². The SMILES string of the molecule is CCOC(=O)C(C)(C)Oc1ccc(OC(c2sc(-c3ccc(C(F)(F)F)cc3)nc2C)C(C)C)cc1C. The molecular weight excluding hydrogens is 503 g/mol. The van der Waals surface area contributed by atoms with Crippen LogP contribution in [0, 0.1) is 19.8 Å². The zero-order chi connectivity index (χ0) is 27.5. The average molecular weight is 536 g/mol. The summed E-state index contributed by atoms with van der Waals surface area (Å²) < 4.78 is 56.2. The summed E-state index contributed by atoms with van der Waals surface area (Å²) in [6, 6.07) is 10.4. The molecule has 0 aliphatic rings. The number of ether oxygens (including phenoxy) is 3. The minimum absolute atomic E-state index is 0.0959. The van der Waals surface area contributed by atoms with E-state index in [1.165, 1.54) is 23.5 Å². The van der Waals surface area contributed by atoms with E-state index < -0.39 is 23.3 Å². The summed E-state index contributed by atoms with van der Waals surface area (Å²) in [7, 11) is 0. The van der Waals surface area contributed by atoms with E-state index in [0.717, 1.165) is 28.3 Å². The Morgan fingerprint density at radius 1 is 1.05 bits per heavy atom. The minimum Gasteiger partial charge on any atom is -0.485 e. The molecule has 0 bridgehead atoms. The maximum Gasteiger partial charge on any atom is 0.416 e. The van der Waals surface area contributed by atoms with Crippen LogP contribution in [0.3, 0.4) is 0 Å². The van der Waals surface area contributed by atoms with E-state index in [1.54, 1.807) is 32.9 Å². The Morgan fingerprint density at radius 2 is 1.70 bits per heavy atom. The highest BCUT2D eigenvalue weighted by molar-refractivity contribution is 7.15. The highest BCUT2D eigenvalue weighted by atomic mass is 32.1. The van der Waals surface area contributed by atoms with Gasteiger partial charge in [0.25, 0.3) is 0 Å². The summed E-state index contributed by atoms with van der Waals surface area (Å²) in [5, 5.41) is 0.636. The zero-order valence-electron chi connectivity index (χ0n) is 22.0. The van der Waals surface area contributed by atoms with Gasteiger partial charge in [-0.25, -0.2) is 9.78 Å². The van der Waals surface area contributed by atoms with Gasteiger partial charge in [0.1, 0.15) is 22.6 Å². The van der Waals surface area contributed by atoms with Gasteiger partial charge in [0, 0.05) is 5.56 Å². The zero-order valence-corrected chi connectivity index (χ0v) is 22.8. The molecule has 1 heterocycles. The molecule has 3 aromatic rings. The molecule has 0 radical (unpaired) electrons. The number of hydrogen-bond donors (Lipinski definition) is 0. The van der Waals surface area contributed by atoms with Crippen LogP contribution in [0.2, 0.25) is 0 Å². The first-order valence-electron chi connectivity index (χ1n) is 12.0. The summed E-state index contributed by atoms with van der Waals surface area (Å²) in [6.45, 7) is 13.1. The van der Waals surface area contributed by atoms with Crippen molar-refractivity contribution in [1.29, 1.82) is 0 Å². The number of carbonyl (C=O) groups is 1. The Labute approximate surface area is 219 Å². The lowest BCUT2D eigenvalue weighted by atomic mass is 10.0. The topological polar surface area (TPSA) is 57.7 Å². The van der Waals surface area contributed by atoms with Gasteiger partial charge in [-0.3, -0.25) is 0 Å². The fourth-order valence-corrected chi connectivity index (χ4v) is 4.94. The van der Waals surface area contributed by atoms with Gasteiger partial charge < -0.3 is 14.2 Å². The predicted octanol–water partition coefficient (Wildman–Crippen LogP) is 7.94. The number of nitrogens with zero attached hydrogens (tertiary/aromatic N) is 1. The van der Waals surface area contributed by atoms with Crippen molar-refractivity contribution < 1.29 is 32.2 Å². The van der Waals surface area contributed by atoms with Crippen LogP contribution >= 0.6 is 11.3 Å². The third-order valence-corrected chi connectivity index (χ3v) is 6.97. The number of halogens is 3. The molecule has 1 unspecified atom stereocenters. The smallest absolute Gasteiger partial charge is 0.416 e. The van der Waals surface area contributed by atoms with Crippen LogP contribution in [0.1, 0.15) is 62.4 Å². The highest BCUT2D eigenvalue weighted by Gasteiger charge is 2.33. The van der Waals surface area contributed by atoms with E-state index in [-0.39, 0.29) is 18.6 Å². The second kappa shape index (κ2) is 11.1. The van der Waals surface area contributed by atoms with Gasteiger partial charge in [-0.1, -0.05) is 26.0 Å². The molecule has 1 aromatic heterocycles. The summed E-state index contributed by atoms with van der Waals surface area (Å²) >= 11 is 1.41. The Hall–Kier alpha value is -3.07. The number of alkyl halides is 3. The van der Waals surface area contributed by atoms with Crippen molar-refractivity contribution in [2.75, 3.05) is 6.61 Å². The van der Waals surface area contributed by atoms with Crippen LogP contribution in [0.15, 0.2) is 42.5 Å². The molecule has 0 aliphatic carbocycles. The number of esters is 1. The Kier molecular flexibility index (Phi) is 8.57. The standard InChI is InChI=1S/C28H32F3NO4S/c1-8-34-26(33)27(6,7)36-22-14-13-21(15-17(22)4)35-23(16(2)3)24-18(5)32-25(37-24)19-9-11-20(12-10-19)28(29,30)31/h9-16,23H,8H2,1-7H3. The average Bonchev–Trinajstić information content (AvgIpc) is 3.19. The van der Waals surface area contributed by atoms with Gasteiger partial charge in [0.05, 0.1) is 22.7 Å². The lowest BCUT2D eigenvalue weighted by Crippen LogP contribution is -2.39. The predicted molar refractivity (Wildman–Crippen MR) is 138 cm³/mol. The number of aromatic nitrogens is 1. The number of benzene rings is 2. The molecule has 9 heteroatoms. The first-order chi connectivity index (χ1) is 17.2. The summed E-state index contributed by atoms with van der Waals surface area (Å²) in [6.07, 6.45) is -4.70. The third-order valence-electron chi connectivity index (χ3n) is 5.70. The van der Waals surface area contributed by atoms with Crippen molar-refractivity contribution in [3.8, 4) is 22.1 Å². The van der Waals surface area contributed by atoms with Gasteiger partial charge in [0.2, 0.25) is 0 Å². The Bertz CT molecular complexity index is 1230. The van der Waals surface area contributed by atoms with Crippen molar-refractivity contribution in [3.05, 3.63) is 64.2 Å². The first-order valence-corrected chi connectivity index (χ1v) is 12.8. The Morgan fingerprint density at radius 3 is 2.24 bits per heavy atom. The second-order valence-electron chi connectivity index (χ2n) is 9.59. The van der Waals surface area contributed by atoms with E-state index in [1.807, 2.05) is 33.8 Å². The number of carbonyl (C=O) groups excluding carboxylic acids is 1. The molecule has 0 saturated carbocycles. The minimum atomic E-state index is -4.38. The van der Waals surface area contributed by atoms with Gasteiger partial charge in [-0.05, 0) is 76.4 Å². The van der Waals surface area contributed by atoms with Crippen LogP contribution in [-0.4, -0.2) is 23.2 Å². The van der Waals surface area contributed by atoms with Crippen molar-refractivity contribution in [2.24, 2.45) is 5.92 Å². The summed E-state index contributed by atoms with van der Waals surface area (Å²) in [4.78, 5) is 17.7. The first kappa shape index (κ1) is 28.5. The number of aryl methyl sites for hydroxylation is 2. The second-order valence-corrected chi connectivity index (χ2v) is 10.6. The largest absolute Gasteiger partial charge is 0.485 e. The molecule has 0 aliphatic heterocycles. The van der Waals surface area contributed by atoms with Crippen LogP contribution in [0.25, 0.3) is 10.6 Å². The van der Waals surface area contributed by atoms with Crippen LogP contribution in [0.4, 0.5) is 13.2 Å². The molecule has 37 heavy (non-hydrogen) atoms. The monoisotopic (exact) mass is 535 g/mol. The molecule has 1 atom stereocenters. The van der Waals surface area contributed by atoms with Gasteiger partial charge in [-0.15, -0.1) is 11.3 Å². The van der Waals surface area contributed by atoms with E-state index in [9.17, 15) is 18.0 Å². The van der Waals surface area contributed by atoms with E-state index in [0.29, 0.717) is 22.1 Å². The maximum absolute atomic E-state index is 12.9. The van der Waals surface area contributed by atoms with Crippen LogP contribution in [-0.2, 0) is 15.7 Å². The molecule has 0 fully saturated rings. The Balaban J connectivity index is 1.82. The fourth-order valence-electron chi connectivity index (χ4n) is 3.67. The van der Waals surface area contributed by atoms with E-state index in [2.05, 4.69) is 4.98 Å². The number of hydrogen-bond acceptors (Lipinski definition) is 6. The van der Waals surface area contributed by atoms with Crippen molar-refractivity contribution in [2.45, 2.75) is 66.3 Å². The molecule has 200 valence electrons. The molecule has 3 rings (SSSR count). The van der Waals surface area contributed by atoms with Gasteiger partial charge in [-0.2, -0.15) is 13.2 Å². The molecule has 5 nitrogen and oxygen atoms in total. The van der Waals surface area contributed by atoms with E-state index in [4.69, 9.17) is 14.2 Å². The van der Waals surface area contributed by atoms with Crippen molar-refractivity contribution in [3.63, 3.8) is 0 Å². The quantitative estimate of drug-likeness (QED) is 0.260. The third kappa shape index (κ3) is 6.83. The molecule has 2 aromatic carbocycles. The lowest BCUT2D eigenvalue weighted by Gasteiger charge is -2.26. The molecular formula is C28H32F3NO4S. The number of rotatable bonds is 9. The van der Waals surface area contributed by atoms with E-state index >= 15 is 0 Å². The lowest BCUT2D eigenvalue weighted by molar-refractivity contribution is -0.158. The maximum atomic E-state index is 12.9. The summed E-state index contributed by atoms with van der Waals surface area (Å²) in [5.41, 5.74) is 0.353. The van der Waals surface area contributed by atoms with Crippen LogP contribution < -0.4 is 9.47 Å². The molecule has 0 amide bonds. The van der Waals surface area contributed by atoms with Crippen molar-refractivity contribution >= 4 is 17.3 Å². The highest BCUT2D eigenvalue weighted by Crippen LogP contribution is 2.39.